The summed E-state index contributed by atoms with van der Waals surface area (Å²) < 4.78 is 0. The van der Waals surface area contributed by atoms with Crippen molar-refractivity contribution < 1.29 is 0 Å². The lowest BCUT2D eigenvalue weighted by Gasteiger charge is -2.02. The van der Waals surface area contributed by atoms with Crippen LogP contribution in [0.3, 0.4) is 0 Å². The van der Waals surface area contributed by atoms with Crippen LogP contribution < -0.4 is 0 Å². The molecule has 0 N–H and O–H groups in total. The van der Waals surface area contributed by atoms with Gasteiger partial charge in [-0.05, 0) is 43.5 Å². The van der Waals surface area contributed by atoms with Gasteiger partial charge < -0.3 is 0 Å². The second kappa shape index (κ2) is 4.67. The summed E-state index contributed by atoms with van der Waals surface area (Å²) >= 11 is 0. The van der Waals surface area contributed by atoms with Crippen molar-refractivity contribution in [1.29, 1.82) is 0 Å². The molecular formula is C14H16. The summed E-state index contributed by atoms with van der Waals surface area (Å²) in [7, 11) is 0. The van der Waals surface area contributed by atoms with Gasteiger partial charge in [-0.15, -0.1) is 0 Å². The van der Waals surface area contributed by atoms with E-state index in [1.54, 1.807) is 0 Å². The number of hydrogen-bond acceptors (Lipinski definition) is 0. The average Bonchev–Trinajstić information content (AvgIpc) is 2.15. The molecule has 0 heteroatoms. The zero-order valence-corrected chi connectivity index (χ0v) is 9.15. The molecule has 0 aliphatic carbocycles. The minimum Gasteiger partial charge on any atom is -0.0961 e. The lowest BCUT2D eigenvalue weighted by molar-refractivity contribution is 1.23. The normalized spacial score (nSPS) is 10.9. The molecule has 0 heterocycles. The fraction of sp³-hybridized carbons (Fsp3) is 0.286. The Morgan fingerprint density at radius 3 is 2.57 bits per heavy atom. The van der Waals surface area contributed by atoms with Crippen molar-refractivity contribution in [3.05, 3.63) is 53.6 Å². The highest BCUT2D eigenvalue weighted by Gasteiger charge is 1.97. The van der Waals surface area contributed by atoms with E-state index in [-0.39, 0.29) is 0 Å². The van der Waals surface area contributed by atoms with Crippen LogP contribution in [0.1, 0.15) is 31.4 Å². The van der Waals surface area contributed by atoms with E-state index in [0.717, 1.165) is 23.1 Å². The molecule has 0 amide bonds. The van der Waals surface area contributed by atoms with Crippen LogP contribution in [0.2, 0.25) is 0 Å². The van der Waals surface area contributed by atoms with E-state index in [9.17, 15) is 0 Å². The molecule has 1 rings (SSSR count). The van der Waals surface area contributed by atoms with Gasteiger partial charge in [-0.3, -0.25) is 0 Å². The molecule has 0 atom stereocenters. The standard InChI is InChI=1S/C14H16/c1-5-13(10-11(2)3)14-8-6-12(4)7-9-14/h6,8,10H,2,5H2,1,3-4H3/b13-10+. The summed E-state index contributed by atoms with van der Waals surface area (Å²) in [6, 6.07) is 10.4. The van der Waals surface area contributed by atoms with Gasteiger partial charge >= 0.3 is 0 Å². The van der Waals surface area contributed by atoms with Crippen molar-refractivity contribution >= 4 is 5.57 Å². The first-order valence-corrected chi connectivity index (χ1v) is 4.90. The van der Waals surface area contributed by atoms with Gasteiger partial charge in [0.25, 0.3) is 0 Å². The van der Waals surface area contributed by atoms with E-state index >= 15 is 0 Å². The molecule has 0 aliphatic rings. The fourth-order valence-electron chi connectivity index (χ4n) is 1.31. The van der Waals surface area contributed by atoms with E-state index in [1.807, 2.05) is 13.8 Å². The number of aryl methyl sites for hydroxylation is 1. The Kier molecular flexibility index (Phi) is 3.54. The summed E-state index contributed by atoms with van der Waals surface area (Å²) in [6.45, 7) is 10.1. The number of hydrogen-bond donors (Lipinski definition) is 0. The zero-order valence-electron chi connectivity index (χ0n) is 9.15. The predicted molar refractivity (Wildman–Crippen MR) is 61.9 cm³/mol. The third-order valence-corrected chi connectivity index (χ3v) is 2.04. The molecule has 0 aromatic heterocycles. The molecule has 0 bridgehead atoms. The molecule has 0 nitrogen and oxygen atoms in total. The molecule has 0 radical (unpaired) electrons. The van der Waals surface area contributed by atoms with Crippen LogP contribution in [0.4, 0.5) is 0 Å². The highest BCUT2D eigenvalue weighted by molar-refractivity contribution is 5.66. The van der Waals surface area contributed by atoms with E-state index < -0.39 is 0 Å². The molecule has 1 aromatic carbocycles. The zero-order chi connectivity index (χ0) is 10.6. The maximum Gasteiger partial charge on any atom is 0.0281 e. The Morgan fingerprint density at radius 2 is 2.14 bits per heavy atom. The van der Waals surface area contributed by atoms with Crippen molar-refractivity contribution in [2.75, 3.05) is 0 Å². The van der Waals surface area contributed by atoms with Crippen LogP contribution in [0.25, 0.3) is 5.57 Å². The summed E-state index contributed by atoms with van der Waals surface area (Å²) in [4.78, 5) is 0. The van der Waals surface area contributed by atoms with Crippen molar-refractivity contribution in [3.8, 4) is 0 Å². The van der Waals surface area contributed by atoms with Gasteiger partial charge in [0, 0.05) is 5.56 Å². The topological polar surface area (TPSA) is 0 Å². The van der Waals surface area contributed by atoms with Crippen molar-refractivity contribution in [2.45, 2.75) is 27.2 Å². The van der Waals surface area contributed by atoms with Crippen LogP contribution in [0, 0.1) is 19.1 Å². The van der Waals surface area contributed by atoms with Gasteiger partial charge in [-0.1, -0.05) is 37.3 Å². The van der Waals surface area contributed by atoms with Gasteiger partial charge in [-0.25, -0.2) is 0 Å². The lowest BCUT2D eigenvalue weighted by atomic mass is 10.0. The highest BCUT2D eigenvalue weighted by Crippen LogP contribution is 2.17. The van der Waals surface area contributed by atoms with Crippen LogP contribution in [0.15, 0.2) is 30.4 Å². The van der Waals surface area contributed by atoms with Crippen molar-refractivity contribution in [2.24, 2.45) is 0 Å². The smallest absolute Gasteiger partial charge is 0.0281 e. The molecule has 0 saturated heterocycles. The Morgan fingerprint density at radius 1 is 1.43 bits per heavy atom. The Labute approximate surface area is 87.0 Å². The SMILES string of the molecule is C=C(C)/C=C(\CC)c1c#cc(C)cc1. The Bertz CT molecular complexity index is 339. The summed E-state index contributed by atoms with van der Waals surface area (Å²) in [5, 5.41) is 0. The average molecular weight is 184 g/mol. The highest BCUT2D eigenvalue weighted by atomic mass is 14.0. The third kappa shape index (κ3) is 2.78. The van der Waals surface area contributed by atoms with Crippen LogP contribution in [-0.2, 0) is 0 Å². The van der Waals surface area contributed by atoms with Gasteiger partial charge in [0.2, 0.25) is 0 Å². The third-order valence-electron chi connectivity index (χ3n) is 2.04. The summed E-state index contributed by atoms with van der Waals surface area (Å²) in [5.74, 6) is 0. The maximum atomic E-state index is 3.89. The second-order valence-electron chi connectivity index (χ2n) is 3.55. The molecule has 14 heavy (non-hydrogen) atoms. The van der Waals surface area contributed by atoms with E-state index in [0.29, 0.717) is 0 Å². The van der Waals surface area contributed by atoms with Gasteiger partial charge in [0.05, 0.1) is 0 Å². The second-order valence-corrected chi connectivity index (χ2v) is 3.55. The predicted octanol–water partition coefficient (Wildman–Crippen LogP) is 3.96. The van der Waals surface area contributed by atoms with E-state index in [1.165, 1.54) is 5.57 Å². The first kappa shape index (κ1) is 10.6. The molecule has 0 aliphatic heterocycles. The first-order chi connectivity index (χ1) is 6.63. The first-order valence-electron chi connectivity index (χ1n) is 4.90. The molecule has 1 aromatic rings. The van der Waals surface area contributed by atoms with Gasteiger partial charge in [0.15, 0.2) is 0 Å². The van der Waals surface area contributed by atoms with E-state index in [2.05, 4.69) is 43.8 Å². The molecule has 0 spiro atoms. The van der Waals surface area contributed by atoms with Crippen molar-refractivity contribution in [1.82, 2.24) is 0 Å². The molecule has 0 fully saturated rings. The van der Waals surface area contributed by atoms with Gasteiger partial charge in [-0.2, -0.15) is 0 Å². The molecular weight excluding hydrogens is 168 g/mol. The molecule has 0 unspecified atom stereocenters. The Balaban J connectivity index is 3.01. The van der Waals surface area contributed by atoms with E-state index in [4.69, 9.17) is 0 Å². The quantitative estimate of drug-likeness (QED) is 0.624. The Hall–Kier alpha value is -1.48. The summed E-state index contributed by atoms with van der Waals surface area (Å²) in [6.07, 6.45) is 3.11. The lowest BCUT2D eigenvalue weighted by Crippen LogP contribution is -1.82. The maximum absolute atomic E-state index is 3.89. The van der Waals surface area contributed by atoms with Crippen LogP contribution in [0.5, 0.6) is 0 Å². The van der Waals surface area contributed by atoms with Crippen LogP contribution >= 0.6 is 0 Å². The fourth-order valence-corrected chi connectivity index (χ4v) is 1.31. The minimum atomic E-state index is 1.00. The number of rotatable bonds is 3. The summed E-state index contributed by atoms with van der Waals surface area (Å²) in [5.41, 5.74) is 4.60. The van der Waals surface area contributed by atoms with Gasteiger partial charge in [0.1, 0.15) is 0 Å². The van der Waals surface area contributed by atoms with Crippen LogP contribution in [-0.4, -0.2) is 0 Å². The minimum absolute atomic E-state index is 1.00. The van der Waals surface area contributed by atoms with Crippen molar-refractivity contribution in [3.63, 3.8) is 0 Å². The monoisotopic (exact) mass is 184 g/mol. The number of allylic oxidation sites excluding steroid dienone is 3. The largest absolute Gasteiger partial charge is 0.0961 e. The molecule has 0 saturated carbocycles. The molecule has 72 valence electrons.